The predicted octanol–water partition coefficient (Wildman–Crippen LogP) is 7.95. The third-order valence-corrected chi connectivity index (χ3v) is 9.43. The van der Waals surface area contributed by atoms with Gasteiger partial charge < -0.3 is 9.47 Å². The van der Waals surface area contributed by atoms with Crippen molar-refractivity contribution >= 4 is 5.97 Å². The van der Waals surface area contributed by atoms with E-state index in [4.69, 9.17) is 9.47 Å². The molecule has 224 valence electrons. The zero-order chi connectivity index (χ0) is 29.9. The average Bonchev–Trinajstić information content (AvgIpc) is 3.73. The van der Waals surface area contributed by atoms with E-state index >= 15 is 0 Å². The lowest BCUT2D eigenvalue weighted by Crippen LogP contribution is -2.58. The molecule has 2 aromatic carbocycles. The number of esters is 1. The number of carbonyl (C=O) groups excluding carboxylic acids is 1. The lowest BCUT2D eigenvalue weighted by atomic mass is 9.69. The standard InChI is InChI=1S/C31H35F6NO3/c1-17(28(39)40-4)27(20-6-7-20)21-8-5-19-11-12-29(41-26(19)13-21)15-23(16-29)38(3)18(2)24-14-22(30(32,33)34)9-10-25(24)31(35,36)37/h5,8-10,13-14,17-18,20,23,27H,6-7,11-12,15-16H2,1-4H3. The van der Waals surface area contributed by atoms with Crippen LogP contribution < -0.4 is 4.74 Å². The van der Waals surface area contributed by atoms with Crippen LogP contribution in [-0.4, -0.2) is 36.7 Å². The number of benzene rings is 2. The largest absolute Gasteiger partial charge is 0.487 e. The predicted molar refractivity (Wildman–Crippen MR) is 140 cm³/mol. The van der Waals surface area contributed by atoms with Crippen LogP contribution in [0.4, 0.5) is 26.3 Å². The van der Waals surface area contributed by atoms with Crippen molar-refractivity contribution in [3.8, 4) is 5.75 Å². The number of halogens is 6. The molecule has 3 atom stereocenters. The van der Waals surface area contributed by atoms with Gasteiger partial charge in [-0.25, -0.2) is 0 Å². The fraction of sp³-hybridized carbons (Fsp3) is 0.581. The van der Waals surface area contributed by atoms with E-state index in [1.54, 1.807) is 11.9 Å². The second-order valence-corrected chi connectivity index (χ2v) is 12.0. The molecule has 4 nitrogen and oxygen atoms in total. The van der Waals surface area contributed by atoms with Crippen LogP contribution in [0.5, 0.6) is 5.75 Å². The minimum Gasteiger partial charge on any atom is -0.487 e. The van der Waals surface area contributed by atoms with Crippen LogP contribution in [0, 0.1) is 11.8 Å². The Kier molecular flexibility index (Phi) is 7.62. The Labute approximate surface area is 236 Å². The topological polar surface area (TPSA) is 38.8 Å². The van der Waals surface area contributed by atoms with Gasteiger partial charge in [0.25, 0.3) is 0 Å². The van der Waals surface area contributed by atoms with Crippen LogP contribution in [0.15, 0.2) is 36.4 Å². The normalized spacial score (nSPS) is 24.7. The molecule has 41 heavy (non-hydrogen) atoms. The number of aryl methyl sites for hydroxylation is 1. The molecular weight excluding hydrogens is 548 g/mol. The molecule has 2 saturated carbocycles. The zero-order valence-corrected chi connectivity index (χ0v) is 23.5. The van der Waals surface area contributed by atoms with E-state index in [0.29, 0.717) is 37.0 Å². The summed E-state index contributed by atoms with van der Waals surface area (Å²) in [7, 11) is 3.05. The molecule has 1 heterocycles. The zero-order valence-electron chi connectivity index (χ0n) is 23.5. The monoisotopic (exact) mass is 583 g/mol. The molecule has 0 bridgehead atoms. The fourth-order valence-corrected chi connectivity index (χ4v) is 6.74. The van der Waals surface area contributed by atoms with Gasteiger partial charge in [-0.2, -0.15) is 26.3 Å². The highest BCUT2D eigenvalue weighted by Gasteiger charge is 2.51. The summed E-state index contributed by atoms with van der Waals surface area (Å²) in [6, 6.07) is 6.73. The fourth-order valence-electron chi connectivity index (χ4n) is 6.74. The van der Waals surface area contributed by atoms with E-state index in [1.807, 2.05) is 19.1 Å². The molecule has 0 radical (unpaired) electrons. The first kappa shape index (κ1) is 29.7. The van der Waals surface area contributed by atoms with Crippen molar-refractivity contribution in [3.05, 3.63) is 64.2 Å². The second kappa shape index (κ2) is 10.5. The molecule has 0 saturated heterocycles. The summed E-state index contributed by atoms with van der Waals surface area (Å²) >= 11 is 0. The summed E-state index contributed by atoms with van der Waals surface area (Å²) in [5, 5.41) is 0. The molecule has 5 rings (SSSR count). The summed E-state index contributed by atoms with van der Waals surface area (Å²) in [5.74, 6) is 0.683. The maximum atomic E-state index is 13.7. The van der Waals surface area contributed by atoms with Crippen molar-refractivity contribution < 1.29 is 40.6 Å². The number of rotatable bonds is 7. The Morgan fingerprint density at radius 3 is 2.29 bits per heavy atom. The highest BCUT2D eigenvalue weighted by atomic mass is 19.4. The quantitative estimate of drug-likeness (QED) is 0.245. The molecule has 3 aliphatic rings. The van der Waals surface area contributed by atoms with Gasteiger partial charge in [0.2, 0.25) is 0 Å². The van der Waals surface area contributed by atoms with Gasteiger partial charge in [0.05, 0.1) is 24.2 Å². The van der Waals surface area contributed by atoms with Gasteiger partial charge in [-0.3, -0.25) is 9.69 Å². The van der Waals surface area contributed by atoms with Crippen molar-refractivity contribution in [1.82, 2.24) is 4.90 Å². The third-order valence-electron chi connectivity index (χ3n) is 9.43. The molecule has 1 aliphatic heterocycles. The summed E-state index contributed by atoms with van der Waals surface area (Å²) < 4.78 is 92.8. The summed E-state index contributed by atoms with van der Waals surface area (Å²) in [6.45, 7) is 3.40. The van der Waals surface area contributed by atoms with E-state index in [1.165, 1.54) is 14.0 Å². The minimum absolute atomic E-state index is 0.0330. The third kappa shape index (κ3) is 5.81. The van der Waals surface area contributed by atoms with Gasteiger partial charge in [0.1, 0.15) is 11.4 Å². The highest BCUT2D eigenvalue weighted by Crippen LogP contribution is 2.51. The Morgan fingerprint density at radius 2 is 1.71 bits per heavy atom. The second-order valence-electron chi connectivity index (χ2n) is 12.0. The number of ether oxygens (including phenoxy) is 2. The van der Waals surface area contributed by atoms with Crippen LogP contribution in [0.25, 0.3) is 0 Å². The van der Waals surface area contributed by atoms with Crippen LogP contribution in [0.3, 0.4) is 0 Å². The van der Waals surface area contributed by atoms with E-state index in [2.05, 4.69) is 6.07 Å². The maximum Gasteiger partial charge on any atom is 0.416 e. The van der Waals surface area contributed by atoms with Crippen LogP contribution in [-0.2, 0) is 28.3 Å². The molecule has 0 aromatic heterocycles. The van der Waals surface area contributed by atoms with Gasteiger partial charge in [-0.05, 0) is 92.4 Å². The van der Waals surface area contributed by atoms with Crippen LogP contribution in [0.1, 0.15) is 85.7 Å². The van der Waals surface area contributed by atoms with E-state index in [9.17, 15) is 31.1 Å². The molecule has 2 aliphatic carbocycles. The molecule has 1 spiro atoms. The van der Waals surface area contributed by atoms with Crippen molar-refractivity contribution in [2.24, 2.45) is 11.8 Å². The summed E-state index contributed by atoms with van der Waals surface area (Å²) in [5.41, 5.74) is -0.911. The molecule has 3 unspecified atom stereocenters. The van der Waals surface area contributed by atoms with Gasteiger partial charge in [-0.1, -0.05) is 19.1 Å². The number of methoxy groups -OCH3 is 1. The van der Waals surface area contributed by atoms with Gasteiger partial charge in [0, 0.05) is 24.9 Å². The van der Waals surface area contributed by atoms with Gasteiger partial charge >= 0.3 is 18.3 Å². The maximum absolute atomic E-state index is 13.7. The Hall–Kier alpha value is -2.75. The number of hydrogen-bond acceptors (Lipinski definition) is 4. The molecular formula is C31H35F6NO3. The smallest absolute Gasteiger partial charge is 0.416 e. The van der Waals surface area contributed by atoms with Crippen molar-refractivity contribution in [2.75, 3.05) is 14.2 Å². The Balaban J connectivity index is 1.32. The first-order valence-corrected chi connectivity index (χ1v) is 14.0. The van der Waals surface area contributed by atoms with Crippen LogP contribution >= 0.6 is 0 Å². The first-order valence-electron chi connectivity index (χ1n) is 14.0. The molecule has 0 N–H and O–H groups in total. The van der Waals surface area contributed by atoms with Crippen molar-refractivity contribution in [1.29, 1.82) is 0 Å². The van der Waals surface area contributed by atoms with Crippen molar-refractivity contribution in [2.45, 2.75) is 88.3 Å². The van der Waals surface area contributed by atoms with E-state index in [0.717, 1.165) is 42.6 Å². The molecule has 0 amide bonds. The first-order chi connectivity index (χ1) is 19.1. The molecule has 2 aromatic rings. The number of fused-ring (bicyclic) bond motifs is 1. The summed E-state index contributed by atoms with van der Waals surface area (Å²) in [4.78, 5) is 14.1. The van der Waals surface area contributed by atoms with E-state index < -0.39 is 35.1 Å². The lowest BCUT2D eigenvalue weighted by molar-refractivity contribution is -0.146. The number of hydrogen-bond donors (Lipinski definition) is 0. The minimum atomic E-state index is -4.77. The van der Waals surface area contributed by atoms with E-state index in [-0.39, 0.29) is 29.4 Å². The highest BCUT2D eigenvalue weighted by molar-refractivity contribution is 5.73. The van der Waals surface area contributed by atoms with Crippen LogP contribution in [0.2, 0.25) is 0 Å². The van der Waals surface area contributed by atoms with Crippen molar-refractivity contribution in [3.63, 3.8) is 0 Å². The summed E-state index contributed by atoms with van der Waals surface area (Å²) in [6.07, 6.45) is -4.75. The lowest BCUT2D eigenvalue weighted by Gasteiger charge is -2.53. The number of nitrogens with zero attached hydrogens (tertiary/aromatic N) is 1. The average molecular weight is 584 g/mol. The number of carbonyl (C=O) groups is 1. The number of alkyl halides is 6. The van der Waals surface area contributed by atoms with Gasteiger partial charge in [-0.15, -0.1) is 0 Å². The Bertz CT molecular complexity index is 1300. The molecule has 10 heteroatoms. The Morgan fingerprint density at radius 1 is 1.02 bits per heavy atom. The molecule has 2 fully saturated rings. The SMILES string of the molecule is COC(=O)C(C)C(c1ccc2c(c1)OC1(CC2)CC(N(C)C(C)c2cc(C(F)(F)F)ccc2C(F)(F)F)C1)C1CC1. The van der Waals surface area contributed by atoms with Gasteiger partial charge in [0.15, 0.2) is 0 Å².